The molecular weight excluding hydrogens is 370 g/mol. The van der Waals surface area contributed by atoms with Gasteiger partial charge >= 0.3 is 0 Å². The number of morpholine rings is 1. The molecule has 0 spiro atoms. The van der Waals surface area contributed by atoms with E-state index in [1.165, 1.54) is 0 Å². The van der Waals surface area contributed by atoms with E-state index in [9.17, 15) is 9.90 Å². The number of piperidine rings is 1. The highest BCUT2D eigenvalue weighted by Gasteiger charge is 2.25. The van der Waals surface area contributed by atoms with Crippen LogP contribution in [-0.2, 0) is 11.3 Å². The van der Waals surface area contributed by atoms with Crippen molar-refractivity contribution in [2.24, 2.45) is 0 Å². The Hall–Kier alpha value is -2.00. The van der Waals surface area contributed by atoms with Crippen molar-refractivity contribution in [3.63, 3.8) is 0 Å². The third-order valence-corrected chi connectivity index (χ3v) is 5.82. The van der Waals surface area contributed by atoms with Crippen molar-refractivity contribution in [3.8, 4) is 0 Å². The molecule has 0 saturated carbocycles. The summed E-state index contributed by atoms with van der Waals surface area (Å²) in [5, 5.41) is 13.3. The van der Waals surface area contributed by atoms with E-state index in [4.69, 9.17) is 9.72 Å². The summed E-state index contributed by atoms with van der Waals surface area (Å²) in [5.74, 6) is -0.0210. The summed E-state index contributed by atoms with van der Waals surface area (Å²) in [4.78, 5) is 22.0. The fourth-order valence-corrected chi connectivity index (χ4v) is 4.19. The molecule has 2 aromatic heterocycles. The van der Waals surface area contributed by atoms with Crippen LogP contribution in [0.1, 0.15) is 34.6 Å². The zero-order valence-corrected chi connectivity index (χ0v) is 17.1. The molecule has 0 unspecified atom stereocenters. The standard InChI is InChI=1S/C21H31N5O3/c1-16-4-2-8-26-18(14-22-6-9-24-7-3-5-17(27)15-24)19(23-20(16)26)21(28)25-10-12-29-13-11-25/h2,4,8,17,22,27H,3,5-7,9-15H2,1H3/t17-/m0/s1. The lowest BCUT2D eigenvalue weighted by Crippen LogP contribution is -2.42. The van der Waals surface area contributed by atoms with Gasteiger partial charge in [-0.2, -0.15) is 0 Å². The SMILES string of the molecule is Cc1cccn2c(CNCCN3CCC[C@H](O)C3)c(C(=O)N3CCOCC3)nc12. The number of aromatic nitrogens is 2. The number of nitrogens with zero attached hydrogens (tertiary/aromatic N) is 4. The van der Waals surface area contributed by atoms with E-state index in [1.54, 1.807) is 0 Å². The molecule has 0 radical (unpaired) electrons. The Kier molecular flexibility index (Phi) is 6.44. The Labute approximate surface area is 171 Å². The fraction of sp³-hybridized carbons (Fsp3) is 0.619. The van der Waals surface area contributed by atoms with Crippen LogP contribution in [0.25, 0.3) is 5.65 Å². The molecule has 8 heteroatoms. The van der Waals surface area contributed by atoms with E-state index in [1.807, 2.05) is 34.6 Å². The lowest BCUT2D eigenvalue weighted by atomic mass is 10.1. The van der Waals surface area contributed by atoms with Gasteiger partial charge < -0.3 is 24.5 Å². The van der Waals surface area contributed by atoms with Gasteiger partial charge in [0.05, 0.1) is 25.0 Å². The van der Waals surface area contributed by atoms with Gasteiger partial charge in [-0.05, 0) is 37.9 Å². The number of fused-ring (bicyclic) bond motifs is 1. The largest absolute Gasteiger partial charge is 0.392 e. The number of rotatable bonds is 6. The van der Waals surface area contributed by atoms with E-state index in [2.05, 4.69) is 10.2 Å². The molecule has 0 aliphatic carbocycles. The third-order valence-electron chi connectivity index (χ3n) is 5.82. The zero-order valence-electron chi connectivity index (χ0n) is 17.1. The molecule has 4 heterocycles. The van der Waals surface area contributed by atoms with Crippen LogP contribution in [-0.4, -0.2) is 88.8 Å². The summed E-state index contributed by atoms with van der Waals surface area (Å²) in [6.45, 7) is 8.44. The maximum absolute atomic E-state index is 13.1. The van der Waals surface area contributed by atoms with Crippen molar-refractivity contribution in [2.75, 3.05) is 52.5 Å². The number of imidazole rings is 1. The molecule has 2 aliphatic heterocycles. The Balaban J connectivity index is 1.47. The van der Waals surface area contributed by atoms with Crippen molar-refractivity contribution in [3.05, 3.63) is 35.3 Å². The number of β-amino-alcohol motifs (C(OH)–C–C–N with tert-alkyl or cyclic N) is 1. The third kappa shape index (κ3) is 4.61. The van der Waals surface area contributed by atoms with Crippen LogP contribution in [0.3, 0.4) is 0 Å². The number of hydrogen-bond donors (Lipinski definition) is 2. The van der Waals surface area contributed by atoms with Crippen LogP contribution in [0.15, 0.2) is 18.3 Å². The summed E-state index contributed by atoms with van der Waals surface area (Å²) < 4.78 is 7.41. The molecule has 8 nitrogen and oxygen atoms in total. The molecule has 2 fully saturated rings. The van der Waals surface area contributed by atoms with E-state index >= 15 is 0 Å². The minimum absolute atomic E-state index is 0.0210. The van der Waals surface area contributed by atoms with Crippen LogP contribution in [0.2, 0.25) is 0 Å². The van der Waals surface area contributed by atoms with Crippen molar-refractivity contribution >= 4 is 11.6 Å². The smallest absolute Gasteiger partial charge is 0.274 e. The number of aliphatic hydroxyl groups is 1. The Morgan fingerprint density at radius 3 is 2.97 bits per heavy atom. The number of aliphatic hydroxyl groups excluding tert-OH is 1. The highest BCUT2D eigenvalue weighted by molar-refractivity contribution is 5.94. The lowest BCUT2D eigenvalue weighted by molar-refractivity contribution is 0.0298. The maximum Gasteiger partial charge on any atom is 0.274 e. The predicted octanol–water partition coefficient (Wildman–Crippen LogP) is 0.661. The van der Waals surface area contributed by atoms with Crippen LogP contribution >= 0.6 is 0 Å². The molecule has 2 aromatic rings. The van der Waals surface area contributed by atoms with Crippen LogP contribution < -0.4 is 5.32 Å². The summed E-state index contributed by atoms with van der Waals surface area (Å²) >= 11 is 0. The van der Waals surface area contributed by atoms with E-state index in [-0.39, 0.29) is 12.0 Å². The molecular formula is C21H31N5O3. The fourth-order valence-electron chi connectivity index (χ4n) is 4.19. The molecule has 2 aliphatic rings. The number of amides is 1. The first kappa shape index (κ1) is 20.3. The zero-order chi connectivity index (χ0) is 20.2. The number of ether oxygens (including phenoxy) is 1. The van der Waals surface area contributed by atoms with Gasteiger partial charge in [0.2, 0.25) is 0 Å². The van der Waals surface area contributed by atoms with Gasteiger partial charge in [-0.15, -0.1) is 0 Å². The lowest BCUT2D eigenvalue weighted by Gasteiger charge is -2.30. The first-order chi connectivity index (χ1) is 14.1. The molecule has 2 N–H and O–H groups in total. The highest BCUT2D eigenvalue weighted by Crippen LogP contribution is 2.18. The van der Waals surface area contributed by atoms with E-state index in [0.717, 1.165) is 55.9 Å². The summed E-state index contributed by atoms with van der Waals surface area (Å²) in [7, 11) is 0. The van der Waals surface area contributed by atoms with Gasteiger partial charge in [-0.3, -0.25) is 9.69 Å². The van der Waals surface area contributed by atoms with Gasteiger partial charge in [0, 0.05) is 45.5 Å². The minimum Gasteiger partial charge on any atom is -0.392 e. The van der Waals surface area contributed by atoms with Gasteiger partial charge in [0.15, 0.2) is 5.69 Å². The highest BCUT2D eigenvalue weighted by atomic mass is 16.5. The number of hydrogen-bond acceptors (Lipinski definition) is 6. The van der Waals surface area contributed by atoms with Crippen LogP contribution in [0, 0.1) is 6.92 Å². The second kappa shape index (κ2) is 9.21. The van der Waals surface area contributed by atoms with Gasteiger partial charge in [-0.25, -0.2) is 4.98 Å². The number of carbonyl (C=O) groups is 1. The topological polar surface area (TPSA) is 82.3 Å². The van der Waals surface area contributed by atoms with Crippen molar-refractivity contribution in [1.82, 2.24) is 24.5 Å². The molecule has 0 aromatic carbocycles. The second-order valence-electron chi connectivity index (χ2n) is 7.97. The van der Waals surface area contributed by atoms with Crippen LogP contribution in [0.4, 0.5) is 0 Å². The van der Waals surface area contributed by atoms with E-state index < -0.39 is 0 Å². The Bertz CT molecular complexity index is 846. The maximum atomic E-state index is 13.1. The molecule has 29 heavy (non-hydrogen) atoms. The average Bonchev–Trinajstić information content (AvgIpc) is 3.11. The van der Waals surface area contributed by atoms with Crippen molar-refractivity contribution in [2.45, 2.75) is 32.4 Å². The molecule has 2 saturated heterocycles. The number of pyridine rings is 1. The molecule has 4 rings (SSSR count). The number of likely N-dealkylation sites (tertiary alicyclic amines) is 1. The van der Waals surface area contributed by atoms with Crippen molar-refractivity contribution < 1.29 is 14.6 Å². The molecule has 1 atom stereocenters. The summed E-state index contributed by atoms with van der Waals surface area (Å²) in [6, 6.07) is 4.01. The van der Waals surface area contributed by atoms with Crippen LogP contribution in [0.5, 0.6) is 0 Å². The normalized spacial score (nSPS) is 21.0. The predicted molar refractivity (Wildman–Crippen MR) is 110 cm³/mol. The summed E-state index contributed by atoms with van der Waals surface area (Å²) in [5.41, 5.74) is 3.32. The van der Waals surface area contributed by atoms with E-state index in [0.29, 0.717) is 38.5 Å². The van der Waals surface area contributed by atoms with Gasteiger partial charge in [0.25, 0.3) is 5.91 Å². The number of carbonyl (C=O) groups excluding carboxylic acids is 1. The second-order valence-corrected chi connectivity index (χ2v) is 7.97. The van der Waals surface area contributed by atoms with Crippen molar-refractivity contribution in [1.29, 1.82) is 0 Å². The molecule has 158 valence electrons. The molecule has 1 amide bonds. The quantitative estimate of drug-likeness (QED) is 0.692. The van der Waals surface area contributed by atoms with Gasteiger partial charge in [-0.1, -0.05) is 6.07 Å². The Morgan fingerprint density at radius 2 is 2.17 bits per heavy atom. The van der Waals surface area contributed by atoms with Gasteiger partial charge in [0.1, 0.15) is 5.65 Å². The molecule has 0 bridgehead atoms. The Morgan fingerprint density at radius 1 is 1.34 bits per heavy atom. The first-order valence-corrected chi connectivity index (χ1v) is 10.6. The number of nitrogens with one attached hydrogen (secondary N) is 1. The minimum atomic E-state index is -0.205. The summed E-state index contributed by atoms with van der Waals surface area (Å²) in [6.07, 6.45) is 3.72. The first-order valence-electron chi connectivity index (χ1n) is 10.6. The average molecular weight is 402 g/mol. The monoisotopic (exact) mass is 401 g/mol. The number of aryl methyl sites for hydroxylation is 1.